The van der Waals surface area contributed by atoms with Crippen LogP contribution in [0.4, 0.5) is 10.1 Å². The Morgan fingerprint density at radius 1 is 0.783 bits per heavy atom. The summed E-state index contributed by atoms with van der Waals surface area (Å²) in [6.07, 6.45) is 3.86. The largest absolute Gasteiger partial charge is 0.491 e. The van der Waals surface area contributed by atoms with Crippen LogP contribution in [-0.2, 0) is 36.3 Å². The molecule has 60 heavy (non-hydrogen) atoms. The third-order valence-corrected chi connectivity index (χ3v) is 9.56. The zero-order valence-electron chi connectivity index (χ0n) is 35.5. The first kappa shape index (κ1) is 46.0. The van der Waals surface area contributed by atoms with Crippen LogP contribution in [0.5, 0.6) is 17.2 Å². The molecule has 2 heterocycles. The van der Waals surface area contributed by atoms with E-state index in [2.05, 4.69) is 17.2 Å². The zero-order chi connectivity index (χ0) is 43.1. The molecule has 0 radical (unpaired) electrons. The number of rotatable bonds is 25. The van der Waals surface area contributed by atoms with Gasteiger partial charge in [-0.2, -0.15) is 0 Å². The second-order valence-corrected chi connectivity index (χ2v) is 14.9. The topological polar surface area (TPSA) is 152 Å². The zero-order valence-corrected chi connectivity index (χ0v) is 35.5. The highest BCUT2D eigenvalue weighted by Gasteiger charge is 2.23. The average molecular weight is 832 g/mol. The van der Waals surface area contributed by atoms with Crippen molar-refractivity contribution >= 4 is 22.5 Å². The molecular formula is C46H58FN3O10. The Morgan fingerprint density at radius 2 is 1.35 bits per heavy atom. The molecule has 324 valence electrons. The lowest BCUT2D eigenvalue weighted by molar-refractivity contribution is -0.0128. The van der Waals surface area contributed by atoms with Gasteiger partial charge in [-0.05, 0) is 105 Å². The summed E-state index contributed by atoms with van der Waals surface area (Å²) in [6.45, 7) is 14.5. The van der Waals surface area contributed by atoms with Crippen LogP contribution in [-0.4, -0.2) is 93.2 Å². The lowest BCUT2D eigenvalue weighted by Crippen LogP contribution is -2.18. The Balaban J connectivity index is 1.13. The van der Waals surface area contributed by atoms with E-state index in [1.54, 1.807) is 89.5 Å². The fourth-order valence-corrected chi connectivity index (χ4v) is 6.33. The number of aromatic amines is 1. The van der Waals surface area contributed by atoms with Crippen molar-refractivity contribution in [2.45, 2.75) is 53.1 Å². The van der Waals surface area contributed by atoms with Crippen LogP contribution >= 0.6 is 0 Å². The monoisotopic (exact) mass is 831 g/mol. The molecule has 2 aromatic heterocycles. The summed E-state index contributed by atoms with van der Waals surface area (Å²) in [4.78, 5) is 30.0. The van der Waals surface area contributed by atoms with Crippen LogP contribution < -0.4 is 20.3 Å². The molecule has 14 heteroatoms. The van der Waals surface area contributed by atoms with Crippen LogP contribution in [0.3, 0.4) is 0 Å². The molecular weight excluding hydrogens is 774 g/mol. The van der Waals surface area contributed by atoms with Crippen molar-refractivity contribution in [1.82, 2.24) is 9.55 Å². The number of anilines is 1. The Bertz CT molecular complexity index is 2190. The first-order valence-corrected chi connectivity index (χ1v) is 20.3. The Hall–Kier alpha value is -5.09. The van der Waals surface area contributed by atoms with Gasteiger partial charge < -0.3 is 53.1 Å². The van der Waals surface area contributed by atoms with Crippen molar-refractivity contribution in [3.05, 3.63) is 105 Å². The number of H-pyrrole nitrogens is 1. The van der Waals surface area contributed by atoms with Crippen LogP contribution in [0.1, 0.15) is 60.8 Å². The summed E-state index contributed by atoms with van der Waals surface area (Å²) >= 11 is 0. The number of nitrogens with one attached hydrogen (secondary N) is 2. The number of carbonyl (C=O) groups excluding carboxylic acids is 1. The molecule has 0 aliphatic rings. The lowest BCUT2D eigenvalue weighted by Gasteiger charge is -2.22. The van der Waals surface area contributed by atoms with Gasteiger partial charge in [0, 0.05) is 42.1 Å². The number of carbonyl (C=O) groups is 1. The molecule has 0 saturated carbocycles. The van der Waals surface area contributed by atoms with E-state index in [1.807, 2.05) is 0 Å². The summed E-state index contributed by atoms with van der Waals surface area (Å²) in [5.41, 5.74) is 2.35. The molecule has 0 saturated heterocycles. The van der Waals surface area contributed by atoms with Crippen molar-refractivity contribution in [3.8, 4) is 28.4 Å². The van der Waals surface area contributed by atoms with E-state index in [9.17, 15) is 19.1 Å². The van der Waals surface area contributed by atoms with Gasteiger partial charge in [0.25, 0.3) is 11.5 Å². The summed E-state index contributed by atoms with van der Waals surface area (Å²) in [7, 11) is 1.62. The van der Waals surface area contributed by atoms with Gasteiger partial charge >= 0.3 is 0 Å². The van der Waals surface area contributed by atoms with Gasteiger partial charge in [-0.15, -0.1) is 0 Å². The van der Waals surface area contributed by atoms with Gasteiger partial charge in [0.05, 0.1) is 65.1 Å². The van der Waals surface area contributed by atoms with Gasteiger partial charge in [0.1, 0.15) is 40.9 Å². The smallest absolute Gasteiger partial charge is 0.274 e. The summed E-state index contributed by atoms with van der Waals surface area (Å²) in [5.74, 6) is 0.693. The van der Waals surface area contributed by atoms with Gasteiger partial charge in [-0.3, -0.25) is 9.59 Å². The SMILES string of the molecule is CCCCOCCOCCOCCOCCOCCOc1ccc(NC(=O)c2cc3c(-c4cc(C(C)(C)O)ccc4Oc4c(C)cc(F)cc4C)cn(C)c(=O)c3[nH]2)cc1. The standard InChI is InChI=1S/C46H58FN3O10/c1-7-8-15-54-16-17-55-18-19-56-20-21-57-22-23-58-24-25-59-36-12-10-35(11-13-36)48-44(51)40-29-38-39(30-50(6)45(52)42(38)49-40)37-28-33(46(4,5)53)9-14-41(37)60-43-31(2)26-34(47)27-32(43)3/h9-14,26-30,49,53H,7-8,15-25H2,1-6H3,(H,48,51). The Kier molecular flexibility index (Phi) is 17.2. The first-order chi connectivity index (χ1) is 28.8. The minimum absolute atomic E-state index is 0.166. The Labute approximate surface area is 350 Å². The normalized spacial score (nSPS) is 11.7. The number of aryl methyl sites for hydroxylation is 3. The molecule has 1 amide bonds. The van der Waals surface area contributed by atoms with Crippen LogP contribution in [0.15, 0.2) is 71.7 Å². The van der Waals surface area contributed by atoms with E-state index < -0.39 is 11.5 Å². The number of benzene rings is 3. The van der Waals surface area contributed by atoms with Crippen molar-refractivity contribution < 1.29 is 47.4 Å². The van der Waals surface area contributed by atoms with E-state index >= 15 is 0 Å². The van der Waals surface area contributed by atoms with E-state index in [0.29, 0.717) is 122 Å². The summed E-state index contributed by atoms with van der Waals surface area (Å²) in [5, 5.41) is 14.3. The third kappa shape index (κ3) is 13.2. The molecule has 0 aliphatic heterocycles. The van der Waals surface area contributed by atoms with Gasteiger partial charge in [-0.1, -0.05) is 19.4 Å². The van der Waals surface area contributed by atoms with Crippen LogP contribution in [0, 0.1) is 19.7 Å². The maximum absolute atomic E-state index is 14.1. The number of aliphatic hydroxyl groups is 1. The van der Waals surface area contributed by atoms with Gasteiger partial charge in [0.2, 0.25) is 0 Å². The first-order valence-electron chi connectivity index (χ1n) is 20.3. The van der Waals surface area contributed by atoms with Crippen molar-refractivity contribution in [3.63, 3.8) is 0 Å². The number of ether oxygens (including phenoxy) is 7. The molecule has 0 unspecified atom stereocenters. The molecule has 5 aromatic rings. The molecule has 13 nitrogen and oxygen atoms in total. The highest BCUT2D eigenvalue weighted by atomic mass is 19.1. The van der Waals surface area contributed by atoms with Crippen molar-refractivity contribution in [1.29, 1.82) is 0 Å². The molecule has 0 atom stereocenters. The van der Waals surface area contributed by atoms with Crippen molar-refractivity contribution in [2.75, 3.05) is 78.0 Å². The van der Waals surface area contributed by atoms with Gasteiger partial charge in [0.15, 0.2) is 0 Å². The number of halogens is 1. The predicted octanol–water partition coefficient (Wildman–Crippen LogP) is 7.82. The molecule has 3 N–H and O–H groups in total. The fourth-order valence-electron chi connectivity index (χ4n) is 6.33. The number of hydrogen-bond donors (Lipinski definition) is 3. The molecule has 0 spiro atoms. The minimum Gasteiger partial charge on any atom is -0.491 e. The van der Waals surface area contributed by atoms with E-state index in [4.69, 9.17) is 33.2 Å². The molecule has 3 aromatic carbocycles. The average Bonchev–Trinajstić information content (AvgIpc) is 3.67. The lowest BCUT2D eigenvalue weighted by atomic mass is 9.93. The highest BCUT2D eigenvalue weighted by molar-refractivity contribution is 6.08. The highest BCUT2D eigenvalue weighted by Crippen LogP contribution is 2.41. The van der Waals surface area contributed by atoms with E-state index in [1.165, 1.54) is 16.7 Å². The Morgan fingerprint density at radius 3 is 1.92 bits per heavy atom. The summed E-state index contributed by atoms with van der Waals surface area (Å²) < 4.78 is 55.3. The second kappa shape index (κ2) is 22.5. The predicted molar refractivity (Wildman–Crippen MR) is 229 cm³/mol. The number of hydrogen-bond acceptors (Lipinski definition) is 10. The number of unbranched alkanes of at least 4 members (excludes halogenated alkanes) is 1. The quantitative estimate of drug-likeness (QED) is 0.0497. The van der Waals surface area contributed by atoms with Crippen molar-refractivity contribution in [2.24, 2.45) is 7.05 Å². The van der Waals surface area contributed by atoms with Crippen LogP contribution in [0.25, 0.3) is 22.0 Å². The molecule has 5 rings (SSSR count). The third-order valence-electron chi connectivity index (χ3n) is 9.56. The maximum Gasteiger partial charge on any atom is 0.274 e. The summed E-state index contributed by atoms with van der Waals surface area (Å²) in [6, 6.07) is 16.6. The number of nitrogens with zero attached hydrogens (tertiary/aromatic N) is 1. The molecule has 0 fully saturated rings. The maximum atomic E-state index is 14.1. The molecule has 0 aliphatic carbocycles. The number of aromatic nitrogens is 2. The minimum atomic E-state index is -1.20. The molecule has 0 bridgehead atoms. The van der Waals surface area contributed by atoms with E-state index in [-0.39, 0.29) is 22.6 Å². The second-order valence-electron chi connectivity index (χ2n) is 14.9. The number of amides is 1. The number of pyridine rings is 1. The fraction of sp³-hybridized carbons (Fsp3) is 0.435. The van der Waals surface area contributed by atoms with E-state index in [0.717, 1.165) is 19.4 Å². The number of fused-ring (bicyclic) bond motifs is 1. The van der Waals surface area contributed by atoms with Gasteiger partial charge in [-0.25, -0.2) is 4.39 Å². The van der Waals surface area contributed by atoms with Crippen LogP contribution in [0.2, 0.25) is 0 Å².